The monoisotopic (exact) mass is 424 g/mol. The van der Waals surface area contributed by atoms with Crippen LogP contribution in [0.15, 0.2) is 83.8 Å². The number of hydrogen-bond acceptors (Lipinski definition) is 4. The molecule has 0 N–H and O–H groups in total. The molecule has 3 aromatic rings. The standard InChI is InChI=1S/C23H24N2O4S/c1-24(17-19-10-7-8-15-22(19)29-3)23(26)18-11-9-12-20(16-18)25(2)30(27,28)21-13-5-4-6-14-21/h4-16H,17H2,1-3H3. The summed E-state index contributed by atoms with van der Waals surface area (Å²) in [7, 11) is 1.05. The molecule has 0 aliphatic rings. The van der Waals surface area contributed by atoms with Crippen LogP contribution in [0, 0.1) is 0 Å². The lowest BCUT2D eigenvalue weighted by Gasteiger charge is -2.22. The maximum Gasteiger partial charge on any atom is 0.264 e. The minimum absolute atomic E-state index is 0.192. The number of hydrogen-bond donors (Lipinski definition) is 0. The SMILES string of the molecule is COc1ccccc1CN(C)C(=O)c1cccc(N(C)S(=O)(=O)c2ccccc2)c1. The molecule has 0 bridgehead atoms. The zero-order valence-electron chi connectivity index (χ0n) is 17.1. The van der Waals surface area contributed by atoms with E-state index in [0.29, 0.717) is 23.5 Å². The van der Waals surface area contributed by atoms with Crippen LogP contribution in [-0.4, -0.2) is 40.4 Å². The maximum absolute atomic E-state index is 13.0. The van der Waals surface area contributed by atoms with Gasteiger partial charge in [0.15, 0.2) is 0 Å². The number of methoxy groups -OCH3 is 1. The minimum atomic E-state index is -3.72. The van der Waals surface area contributed by atoms with E-state index in [1.54, 1.807) is 73.7 Å². The van der Waals surface area contributed by atoms with Gasteiger partial charge < -0.3 is 9.64 Å². The molecule has 0 atom stereocenters. The Kier molecular flexibility index (Phi) is 6.42. The second-order valence-corrected chi connectivity index (χ2v) is 8.78. The third-order valence-electron chi connectivity index (χ3n) is 4.81. The molecule has 0 aliphatic heterocycles. The molecule has 7 heteroatoms. The second-order valence-electron chi connectivity index (χ2n) is 6.81. The van der Waals surface area contributed by atoms with Gasteiger partial charge in [-0.2, -0.15) is 0 Å². The van der Waals surface area contributed by atoms with Crippen LogP contribution in [-0.2, 0) is 16.6 Å². The quantitative estimate of drug-likeness (QED) is 0.579. The van der Waals surface area contributed by atoms with E-state index in [1.807, 2.05) is 24.3 Å². The maximum atomic E-state index is 13.0. The molecule has 0 saturated carbocycles. The first-order valence-corrected chi connectivity index (χ1v) is 10.8. The molecule has 0 aromatic heterocycles. The summed E-state index contributed by atoms with van der Waals surface area (Å²) in [6.45, 7) is 0.366. The molecule has 156 valence electrons. The topological polar surface area (TPSA) is 66.9 Å². The summed E-state index contributed by atoms with van der Waals surface area (Å²) in [5.74, 6) is 0.493. The summed E-state index contributed by atoms with van der Waals surface area (Å²) in [5.41, 5.74) is 1.70. The van der Waals surface area contributed by atoms with Crippen LogP contribution in [0.5, 0.6) is 5.75 Å². The molecule has 0 spiro atoms. The van der Waals surface area contributed by atoms with Gasteiger partial charge in [0.25, 0.3) is 15.9 Å². The summed E-state index contributed by atoms with van der Waals surface area (Å²) >= 11 is 0. The van der Waals surface area contributed by atoms with Crippen molar-refractivity contribution >= 4 is 21.6 Å². The van der Waals surface area contributed by atoms with Crippen LogP contribution in [0.25, 0.3) is 0 Å². The Labute approximate surface area is 177 Å². The van der Waals surface area contributed by atoms with Crippen molar-refractivity contribution in [3.63, 3.8) is 0 Å². The number of sulfonamides is 1. The molecule has 0 unspecified atom stereocenters. The molecule has 1 amide bonds. The van der Waals surface area contributed by atoms with Crippen LogP contribution in [0.2, 0.25) is 0 Å². The van der Waals surface area contributed by atoms with Crippen molar-refractivity contribution < 1.29 is 17.9 Å². The van der Waals surface area contributed by atoms with Gasteiger partial charge in [0.1, 0.15) is 5.75 Å². The first-order chi connectivity index (χ1) is 14.3. The number of rotatable bonds is 7. The van der Waals surface area contributed by atoms with E-state index < -0.39 is 10.0 Å². The third-order valence-corrected chi connectivity index (χ3v) is 6.60. The highest BCUT2D eigenvalue weighted by Crippen LogP contribution is 2.24. The first kappa shape index (κ1) is 21.4. The molecule has 30 heavy (non-hydrogen) atoms. The van der Waals surface area contributed by atoms with Gasteiger partial charge in [-0.15, -0.1) is 0 Å². The zero-order valence-corrected chi connectivity index (χ0v) is 18.0. The van der Waals surface area contributed by atoms with Crippen LogP contribution in [0.1, 0.15) is 15.9 Å². The molecular formula is C23H24N2O4S. The third kappa shape index (κ3) is 4.46. The number of amides is 1. The fourth-order valence-corrected chi connectivity index (χ4v) is 4.31. The summed E-state index contributed by atoms with van der Waals surface area (Å²) in [4.78, 5) is 14.7. The molecule has 0 saturated heterocycles. The largest absolute Gasteiger partial charge is 0.496 e. The highest BCUT2D eigenvalue weighted by Gasteiger charge is 2.22. The number of carbonyl (C=O) groups is 1. The molecule has 0 radical (unpaired) electrons. The van der Waals surface area contributed by atoms with Crippen molar-refractivity contribution in [3.05, 3.63) is 90.0 Å². The average Bonchev–Trinajstić information content (AvgIpc) is 2.79. The zero-order chi connectivity index (χ0) is 21.7. The van der Waals surface area contributed by atoms with E-state index in [1.165, 1.54) is 11.4 Å². The van der Waals surface area contributed by atoms with Crippen molar-refractivity contribution in [3.8, 4) is 5.75 Å². The Bertz CT molecular complexity index is 1130. The Hall–Kier alpha value is -3.32. The van der Waals surface area contributed by atoms with Gasteiger partial charge in [-0.05, 0) is 36.4 Å². The van der Waals surface area contributed by atoms with Crippen LogP contribution < -0.4 is 9.04 Å². The summed E-state index contributed by atoms with van der Waals surface area (Å²) in [5, 5.41) is 0. The number of para-hydroxylation sites is 1. The fraction of sp³-hybridized carbons (Fsp3) is 0.174. The van der Waals surface area contributed by atoms with Gasteiger partial charge in [-0.1, -0.05) is 42.5 Å². The molecule has 0 aliphatic carbocycles. The molecular weight excluding hydrogens is 400 g/mol. The van der Waals surface area contributed by atoms with Gasteiger partial charge >= 0.3 is 0 Å². The van der Waals surface area contributed by atoms with E-state index in [9.17, 15) is 13.2 Å². The van der Waals surface area contributed by atoms with E-state index >= 15 is 0 Å². The average molecular weight is 425 g/mol. The second kappa shape index (κ2) is 9.00. The number of anilines is 1. The van der Waals surface area contributed by atoms with Crippen LogP contribution in [0.3, 0.4) is 0 Å². The highest BCUT2D eigenvalue weighted by molar-refractivity contribution is 7.92. The van der Waals surface area contributed by atoms with E-state index in [-0.39, 0.29) is 10.8 Å². The predicted octanol–water partition coefficient (Wildman–Crippen LogP) is 3.79. The number of ether oxygens (including phenoxy) is 1. The highest BCUT2D eigenvalue weighted by atomic mass is 32.2. The van der Waals surface area contributed by atoms with Crippen molar-refractivity contribution in [1.82, 2.24) is 4.90 Å². The Morgan fingerprint density at radius 2 is 1.57 bits per heavy atom. The summed E-state index contributed by atoms with van der Waals surface area (Å²) in [6.07, 6.45) is 0. The van der Waals surface area contributed by atoms with Gasteiger partial charge in [0.05, 0.1) is 17.7 Å². The molecule has 3 aromatic carbocycles. The molecule has 6 nitrogen and oxygen atoms in total. The van der Waals surface area contributed by atoms with Gasteiger partial charge in [-0.3, -0.25) is 9.10 Å². The van der Waals surface area contributed by atoms with Crippen molar-refractivity contribution in [1.29, 1.82) is 0 Å². The number of benzene rings is 3. The Morgan fingerprint density at radius 3 is 2.27 bits per heavy atom. The van der Waals surface area contributed by atoms with Crippen LogP contribution in [0.4, 0.5) is 5.69 Å². The van der Waals surface area contributed by atoms with Crippen molar-refractivity contribution in [2.24, 2.45) is 0 Å². The lowest BCUT2D eigenvalue weighted by Crippen LogP contribution is -2.28. The van der Waals surface area contributed by atoms with Gasteiger partial charge in [-0.25, -0.2) is 8.42 Å². The number of nitrogens with zero attached hydrogens (tertiary/aromatic N) is 2. The summed E-state index contributed by atoms with van der Waals surface area (Å²) < 4.78 is 32.3. The summed E-state index contributed by atoms with van der Waals surface area (Å²) in [6, 6.07) is 22.3. The van der Waals surface area contributed by atoms with Crippen LogP contribution >= 0.6 is 0 Å². The normalized spacial score (nSPS) is 11.0. The number of carbonyl (C=O) groups excluding carboxylic acids is 1. The van der Waals surface area contributed by atoms with Crippen molar-refractivity contribution in [2.75, 3.05) is 25.5 Å². The lowest BCUT2D eigenvalue weighted by atomic mass is 10.1. The Balaban J connectivity index is 1.83. The molecule has 0 fully saturated rings. The van der Waals surface area contributed by atoms with E-state index in [4.69, 9.17) is 4.74 Å². The van der Waals surface area contributed by atoms with Gasteiger partial charge in [0, 0.05) is 31.8 Å². The molecule has 3 rings (SSSR count). The van der Waals surface area contributed by atoms with E-state index in [0.717, 1.165) is 5.56 Å². The van der Waals surface area contributed by atoms with Crippen molar-refractivity contribution in [2.45, 2.75) is 11.4 Å². The predicted molar refractivity (Wildman–Crippen MR) is 117 cm³/mol. The van der Waals surface area contributed by atoms with E-state index in [2.05, 4.69) is 0 Å². The smallest absolute Gasteiger partial charge is 0.264 e. The molecule has 0 heterocycles. The fourth-order valence-electron chi connectivity index (χ4n) is 3.11. The lowest BCUT2D eigenvalue weighted by molar-refractivity contribution is 0.0784. The minimum Gasteiger partial charge on any atom is -0.496 e. The first-order valence-electron chi connectivity index (χ1n) is 9.36. The Morgan fingerprint density at radius 1 is 0.900 bits per heavy atom. The van der Waals surface area contributed by atoms with Gasteiger partial charge in [0.2, 0.25) is 0 Å².